The van der Waals surface area contributed by atoms with Gasteiger partial charge in [-0.25, -0.2) is 0 Å². The Morgan fingerprint density at radius 1 is 1.22 bits per heavy atom. The van der Waals surface area contributed by atoms with Crippen molar-refractivity contribution in [2.24, 2.45) is 11.3 Å². The minimum Gasteiger partial charge on any atom is -0.497 e. The number of fused-ring (bicyclic) bond motifs is 3. The highest BCUT2D eigenvalue weighted by Crippen LogP contribution is 2.57. The van der Waals surface area contributed by atoms with E-state index >= 15 is 0 Å². The third-order valence-electron chi connectivity index (χ3n) is 6.11. The van der Waals surface area contributed by atoms with Crippen molar-refractivity contribution in [1.29, 1.82) is 0 Å². The fraction of sp³-hybridized carbons (Fsp3) is 0.579. The summed E-state index contributed by atoms with van der Waals surface area (Å²) in [7, 11) is 3.06. The molecule has 2 aliphatic carbocycles. The van der Waals surface area contributed by atoms with Crippen LogP contribution in [0.15, 0.2) is 18.2 Å². The first-order valence-electron chi connectivity index (χ1n) is 8.17. The molecule has 1 fully saturated rings. The van der Waals surface area contributed by atoms with Crippen molar-refractivity contribution in [3.8, 4) is 5.75 Å². The van der Waals surface area contributed by atoms with E-state index in [2.05, 4.69) is 6.92 Å². The summed E-state index contributed by atoms with van der Waals surface area (Å²) >= 11 is 0. The minimum absolute atomic E-state index is 0.0386. The number of benzene rings is 1. The molecule has 2 aliphatic rings. The number of carbonyl (C=O) groups excluding carboxylic acids is 2. The highest BCUT2D eigenvalue weighted by Gasteiger charge is 2.57. The van der Waals surface area contributed by atoms with Crippen LogP contribution in [0, 0.1) is 11.3 Å². The quantitative estimate of drug-likeness (QED) is 0.783. The second kappa shape index (κ2) is 5.36. The lowest BCUT2D eigenvalue weighted by Crippen LogP contribution is -2.53. The maximum absolute atomic E-state index is 12.7. The lowest BCUT2D eigenvalue weighted by molar-refractivity contribution is -0.160. The third kappa shape index (κ3) is 2.19. The molecular formula is C19H24O4. The second-order valence-electron chi connectivity index (χ2n) is 7.27. The van der Waals surface area contributed by atoms with Gasteiger partial charge in [-0.05, 0) is 54.9 Å². The standard InChI is InChI=1S/C19H24O4/c1-18-8-5-9-19(2,17(21)23-4)16(18)11-15(20)13-7-6-12(22-3)10-14(13)18/h6-7,10,16H,5,8-9,11H2,1-4H3/t16-,18+,19+/m1/s1. The first kappa shape index (κ1) is 16.0. The Morgan fingerprint density at radius 3 is 2.61 bits per heavy atom. The molecule has 124 valence electrons. The first-order chi connectivity index (χ1) is 10.9. The van der Waals surface area contributed by atoms with Gasteiger partial charge in [-0.2, -0.15) is 0 Å². The number of ether oxygens (including phenoxy) is 2. The normalized spacial score (nSPS) is 32.7. The SMILES string of the molecule is COC(=O)[C@@]1(C)CCC[C@@]2(C)c3cc(OC)ccc3C(=O)C[C@H]21. The largest absolute Gasteiger partial charge is 0.497 e. The topological polar surface area (TPSA) is 52.6 Å². The van der Waals surface area contributed by atoms with E-state index in [1.165, 1.54) is 7.11 Å². The number of hydrogen-bond donors (Lipinski definition) is 0. The molecule has 0 aliphatic heterocycles. The summed E-state index contributed by atoms with van der Waals surface area (Å²) in [4.78, 5) is 25.2. The molecule has 0 amide bonds. The van der Waals surface area contributed by atoms with E-state index in [-0.39, 0.29) is 23.1 Å². The van der Waals surface area contributed by atoms with Gasteiger partial charge >= 0.3 is 5.97 Å². The van der Waals surface area contributed by atoms with Crippen LogP contribution in [0.2, 0.25) is 0 Å². The Kier molecular flexibility index (Phi) is 3.74. The molecule has 3 atom stereocenters. The van der Waals surface area contributed by atoms with Gasteiger partial charge in [-0.3, -0.25) is 9.59 Å². The Bertz CT molecular complexity index is 665. The van der Waals surface area contributed by atoms with Crippen molar-refractivity contribution in [2.75, 3.05) is 14.2 Å². The molecule has 0 radical (unpaired) electrons. The molecule has 4 nitrogen and oxygen atoms in total. The van der Waals surface area contributed by atoms with Crippen LogP contribution >= 0.6 is 0 Å². The molecule has 0 spiro atoms. The Balaban J connectivity index is 2.17. The van der Waals surface area contributed by atoms with Gasteiger partial charge in [0.25, 0.3) is 0 Å². The van der Waals surface area contributed by atoms with E-state index in [1.807, 2.05) is 25.1 Å². The monoisotopic (exact) mass is 316 g/mol. The number of ketones is 1. The molecule has 0 unspecified atom stereocenters. The van der Waals surface area contributed by atoms with Gasteiger partial charge in [0.05, 0.1) is 19.6 Å². The van der Waals surface area contributed by atoms with E-state index in [0.717, 1.165) is 36.1 Å². The summed E-state index contributed by atoms with van der Waals surface area (Å²) in [5, 5.41) is 0. The maximum Gasteiger partial charge on any atom is 0.311 e. The zero-order valence-electron chi connectivity index (χ0n) is 14.3. The Morgan fingerprint density at radius 2 is 1.96 bits per heavy atom. The number of esters is 1. The average molecular weight is 316 g/mol. The van der Waals surface area contributed by atoms with Crippen molar-refractivity contribution in [1.82, 2.24) is 0 Å². The van der Waals surface area contributed by atoms with E-state index in [4.69, 9.17) is 9.47 Å². The smallest absolute Gasteiger partial charge is 0.311 e. The number of carbonyl (C=O) groups is 2. The highest BCUT2D eigenvalue weighted by molar-refractivity contribution is 6.00. The Hall–Kier alpha value is -1.84. The van der Waals surface area contributed by atoms with Crippen LogP contribution in [-0.4, -0.2) is 26.0 Å². The van der Waals surface area contributed by atoms with Crippen LogP contribution in [0.4, 0.5) is 0 Å². The van der Waals surface area contributed by atoms with Gasteiger partial charge in [-0.1, -0.05) is 13.3 Å². The van der Waals surface area contributed by atoms with Gasteiger partial charge in [0, 0.05) is 12.0 Å². The summed E-state index contributed by atoms with van der Waals surface area (Å²) in [5.74, 6) is 0.627. The van der Waals surface area contributed by atoms with Gasteiger partial charge in [0.1, 0.15) is 5.75 Å². The van der Waals surface area contributed by atoms with Crippen LogP contribution < -0.4 is 4.74 Å². The van der Waals surface area contributed by atoms with E-state index in [1.54, 1.807) is 7.11 Å². The molecule has 3 rings (SSSR count). The fourth-order valence-electron chi connectivity index (χ4n) is 4.79. The molecule has 1 aromatic carbocycles. The summed E-state index contributed by atoms with van der Waals surface area (Å²) in [6.45, 7) is 4.14. The van der Waals surface area contributed by atoms with E-state index in [0.29, 0.717) is 6.42 Å². The summed E-state index contributed by atoms with van der Waals surface area (Å²) in [6.07, 6.45) is 3.09. The molecule has 0 aromatic heterocycles. The number of rotatable bonds is 2. The zero-order valence-corrected chi connectivity index (χ0v) is 14.3. The fourth-order valence-corrected chi connectivity index (χ4v) is 4.79. The van der Waals surface area contributed by atoms with E-state index < -0.39 is 5.41 Å². The molecule has 0 N–H and O–H groups in total. The second-order valence-corrected chi connectivity index (χ2v) is 7.27. The van der Waals surface area contributed by atoms with Gasteiger partial charge in [0.15, 0.2) is 5.78 Å². The molecule has 1 saturated carbocycles. The van der Waals surface area contributed by atoms with Crippen LogP contribution in [0.5, 0.6) is 5.75 Å². The van der Waals surface area contributed by atoms with Crippen molar-refractivity contribution >= 4 is 11.8 Å². The summed E-state index contributed by atoms with van der Waals surface area (Å²) in [5.41, 5.74) is 0.976. The first-order valence-corrected chi connectivity index (χ1v) is 8.17. The highest BCUT2D eigenvalue weighted by atomic mass is 16.5. The average Bonchev–Trinajstić information content (AvgIpc) is 2.56. The van der Waals surface area contributed by atoms with Gasteiger partial charge in [-0.15, -0.1) is 0 Å². The van der Waals surface area contributed by atoms with Gasteiger partial charge < -0.3 is 9.47 Å². The summed E-state index contributed by atoms with van der Waals surface area (Å²) < 4.78 is 10.4. The number of hydrogen-bond acceptors (Lipinski definition) is 4. The maximum atomic E-state index is 12.7. The van der Waals surface area contributed by atoms with Crippen molar-refractivity contribution in [3.63, 3.8) is 0 Å². The molecule has 0 saturated heterocycles. The third-order valence-corrected chi connectivity index (χ3v) is 6.11. The molecular weight excluding hydrogens is 292 g/mol. The van der Waals surface area contributed by atoms with Crippen LogP contribution in [0.25, 0.3) is 0 Å². The molecule has 0 bridgehead atoms. The predicted octanol–water partition coefficient (Wildman–Crippen LogP) is 3.52. The number of methoxy groups -OCH3 is 2. The predicted molar refractivity (Wildman–Crippen MR) is 86.8 cm³/mol. The zero-order chi connectivity index (χ0) is 16.8. The van der Waals surface area contributed by atoms with Crippen molar-refractivity contribution in [3.05, 3.63) is 29.3 Å². The molecule has 1 aromatic rings. The lowest BCUT2D eigenvalue weighted by Gasteiger charge is -2.53. The molecule has 4 heteroatoms. The summed E-state index contributed by atoms with van der Waals surface area (Å²) in [6, 6.07) is 5.67. The van der Waals surface area contributed by atoms with Crippen LogP contribution in [0.1, 0.15) is 55.5 Å². The van der Waals surface area contributed by atoms with Crippen LogP contribution in [0.3, 0.4) is 0 Å². The lowest BCUT2D eigenvalue weighted by atomic mass is 9.49. The van der Waals surface area contributed by atoms with Gasteiger partial charge in [0.2, 0.25) is 0 Å². The molecule has 23 heavy (non-hydrogen) atoms. The molecule has 0 heterocycles. The van der Waals surface area contributed by atoms with Crippen molar-refractivity contribution in [2.45, 2.75) is 44.9 Å². The minimum atomic E-state index is -0.613. The van der Waals surface area contributed by atoms with Crippen LogP contribution in [-0.2, 0) is 14.9 Å². The Labute approximate surface area is 137 Å². The van der Waals surface area contributed by atoms with E-state index in [9.17, 15) is 9.59 Å². The number of Topliss-reactive ketones (excluding diaryl/α,β-unsaturated/α-hetero) is 1. The van der Waals surface area contributed by atoms with Crippen molar-refractivity contribution < 1.29 is 19.1 Å².